The third-order valence-corrected chi connectivity index (χ3v) is 19.9. The zero-order valence-corrected chi connectivity index (χ0v) is 36.4. The molecular formula is C30H66N12OP4. The van der Waals surface area contributed by atoms with Crippen molar-refractivity contribution in [2.75, 3.05) is 145 Å². The molecule has 0 aromatic rings. The topological polar surface area (TPSA) is 83.3 Å². The molecule has 0 aromatic heterocycles. The van der Waals surface area contributed by atoms with E-state index in [4.69, 9.17) is 14.3 Å². The van der Waals surface area contributed by atoms with Crippen LogP contribution >= 0.6 is 31.8 Å². The number of hydrogen-bond acceptors (Lipinski definition) is 10. The van der Waals surface area contributed by atoms with E-state index in [1.807, 2.05) is 0 Å². The minimum Gasteiger partial charge on any atom is -0.286 e. The predicted octanol–water partition coefficient (Wildman–Crippen LogP) is 3.84. The first-order valence-electron chi connectivity index (χ1n) is 16.4. The Morgan fingerprint density at radius 2 is 0.617 bits per heavy atom. The van der Waals surface area contributed by atoms with Crippen LogP contribution in [0, 0.1) is 0 Å². The highest BCUT2D eigenvalue weighted by atomic mass is 31.2. The molecule has 3 unspecified atom stereocenters. The van der Waals surface area contributed by atoms with Gasteiger partial charge in [0.15, 0.2) is 0 Å². The van der Waals surface area contributed by atoms with Crippen molar-refractivity contribution in [2.24, 2.45) is 14.3 Å². The standard InChI is InChI=1S/C30H66N12OP4/c1-34(2)28(35(3)4)19-22-44(40(13)14)25(28)31-47(43,32-26-29(36(5)6,37(7)8)20-23-45(26)41(15)16)33-27-30(38(9)10,39(11)12)21-24-46(27)42(17)18/h19-24H2,1-18H3. The van der Waals surface area contributed by atoms with Crippen LogP contribution < -0.4 is 0 Å². The third-order valence-electron chi connectivity index (χ3n) is 10.4. The van der Waals surface area contributed by atoms with Gasteiger partial charge in [0.05, 0.1) is 16.4 Å². The summed E-state index contributed by atoms with van der Waals surface area (Å²) in [6.07, 6.45) is 5.61. The summed E-state index contributed by atoms with van der Waals surface area (Å²) in [5.41, 5.74) is 1.38. The zero-order chi connectivity index (χ0) is 36.0. The van der Waals surface area contributed by atoms with Gasteiger partial charge < -0.3 is 0 Å². The van der Waals surface area contributed by atoms with E-state index >= 15 is 4.57 Å². The van der Waals surface area contributed by atoms with Crippen LogP contribution in [-0.4, -0.2) is 222 Å². The van der Waals surface area contributed by atoms with E-state index in [0.29, 0.717) is 0 Å². The van der Waals surface area contributed by atoms with Gasteiger partial charge in [0.2, 0.25) is 0 Å². The van der Waals surface area contributed by atoms with Crippen molar-refractivity contribution in [1.29, 1.82) is 0 Å². The van der Waals surface area contributed by atoms with Gasteiger partial charge >= 0.3 is 7.59 Å². The maximum Gasteiger partial charge on any atom is 0.416 e. The predicted molar refractivity (Wildman–Crippen MR) is 210 cm³/mol. The van der Waals surface area contributed by atoms with Crippen molar-refractivity contribution in [3.05, 3.63) is 0 Å². The van der Waals surface area contributed by atoms with Crippen molar-refractivity contribution in [3.8, 4) is 0 Å². The molecule has 3 atom stereocenters. The van der Waals surface area contributed by atoms with Gasteiger partial charge in [0.25, 0.3) is 0 Å². The average Bonchev–Trinajstić information content (AvgIpc) is 3.61. The van der Waals surface area contributed by atoms with Crippen molar-refractivity contribution < 1.29 is 4.57 Å². The summed E-state index contributed by atoms with van der Waals surface area (Å²) in [7, 11) is 31.7. The molecule has 47 heavy (non-hydrogen) atoms. The monoisotopic (exact) mass is 734 g/mol. The second-order valence-corrected chi connectivity index (χ2v) is 23.8. The molecule has 0 radical (unpaired) electrons. The Labute approximate surface area is 291 Å². The Balaban J connectivity index is 2.60. The van der Waals surface area contributed by atoms with E-state index < -0.39 is 48.8 Å². The molecule has 0 aliphatic carbocycles. The molecule has 3 rings (SSSR count). The third kappa shape index (κ3) is 7.29. The molecule has 0 bridgehead atoms. The van der Waals surface area contributed by atoms with Gasteiger partial charge in [0, 0.05) is 24.2 Å². The lowest BCUT2D eigenvalue weighted by Gasteiger charge is -2.44. The molecule has 0 spiro atoms. The van der Waals surface area contributed by atoms with E-state index in [2.05, 4.69) is 170 Å². The number of rotatable bonds is 12. The lowest BCUT2D eigenvalue weighted by atomic mass is 10.1. The Bertz CT molecular complexity index is 1080. The molecule has 0 amide bonds. The van der Waals surface area contributed by atoms with Crippen LogP contribution in [0.2, 0.25) is 0 Å². The molecule has 3 aliphatic rings. The maximum absolute atomic E-state index is 16.3. The van der Waals surface area contributed by atoms with E-state index in [9.17, 15) is 0 Å². The molecule has 3 fully saturated rings. The van der Waals surface area contributed by atoms with Crippen LogP contribution in [0.5, 0.6) is 0 Å². The maximum atomic E-state index is 16.3. The fourth-order valence-electron chi connectivity index (χ4n) is 7.80. The van der Waals surface area contributed by atoms with Gasteiger partial charge in [-0.3, -0.25) is 43.4 Å². The van der Waals surface area contributed by atoms with E-state index in [1.165, 1.54) is 0 Å². The van der Waals surface area contributed by atoms with Crippen molar-refractivity contribution in [2.45, 2.75) is 36.3 Å². The van der Waals surface area contributed by atoms with E-state index in [1.54, 1.807) is 0 Å². The van der Waals surface area contributed by atoms with Crippen molar-refractivity contribution in [1.82, 2.24) is 43.4 Å². The zero-order valence-electron chi connectivity index (χ0n) is 32.8. The first kappa shape index (κ1) is 41.6. The fraction of sp³-hybridized carbons (Fsp3) is 0.900. The highest BCUT2D eigenvalue weighted by Crippen LogP contribution is 2.66. The minimum absolute atomic E-state index is 0.490. The van der Waals surface area contributed by atoms with Gasteiger partial charge in [-0.05, 0) is 165 Å². The van der Waals surface area contributed by atoms with Crippen LogP contribution in [0.3, 0.4) is 0 Å². The lowest BCUT2D eigenvalue weighted by molar-refractivity contribution is 0.0732. The van der Waals surface area contributed by atoms with Gasteiger partial charge in [-0.25, -0.2) is 4.57 Å². The second kappa shape index (κ2) is 15.4. The lowest BCUT2D eigenvalue weighted by Crippen LogP contribution is -2.58. The molecule has 0 saturated carbocycles. The largest absolute Gasteiger partial charge is 0.416 e. The molecule has 0 N–H and O–H groups in total. The highest BCUT2D eigenvalue weighted by Gasteiger charge is 2.56. The number of hydrogen-bond donors (Lipinski definition) is 0. The summed E-state index contributed by atoms with van der Waals surface area (Å²) >= 11 is 0. The minimum atomic E-state index is -4.00. The Morgan fingerprint density at radius 3 is 0.766 bits per heavy atom. The Kier molecular flexibility index (Phi) is 13.6. The fourth-order valence-corrected chi connectivity index (χ4v) is 18.8. The molecule has 0 aromatic carbocycles. The Hall–Kier alpha value is 0.170. The molecule has 13 nitrogen and oxygen atoms in total. The van der Waals surface area contributed by atoms with E-state index in [-0.39, 0.29) is 0 Å². The summed E-state index contributed by atoms with van der Waals surface area (Å²) in [4.78, 5) is 13.5. The molecule has 3 aliphatic heterocycles. The van der Waals surface area contributed by atoms with Crippen LogP contribution in [0.15, 0.2) is 14.3 Å². The first-order valence-corrected chi connectivity index (χ1v) is 22.4. The highest BCUT2D eigenvalue weighted by molar-refractivity contribution is 7.78. The van der Waals surface area contributed by atoms with Crippen LogP contribution in [0.25, 0.3) is 0 Å². The van der Waals surface area contributed by atoms with Crippen molar-refractivity contribution in [3.63, 3.8) is 0 Å². The van der Waals surface area contributed by atoms with Crippen LogP contribution in [0.1, 0.15) is 19.3 Å². The second-order valence-electron chi connectivity index (χ2n) is 14.8. The van der Waals surface area contributed by atoms with Gasteiger partial charge in [-0.15, -0.1) is 0 Å². The quantitative estimate of drug-likeness (QED) is 0.218. The molecule has 272 valence electrons. The summed E-state index contributed by atoms with van der Waals surface area (Å²) in [6, 6.07) is 0. The summed E-state index contributed by atoms with van der Waals surface area (Å²) in [5.74, 6) is 0. The molecular weight excluding hydrogens is 668 g/mol. The van der Waals surface area contributed by atoms with Gasteiger partial charge in [0.1, 0.15) is 17.0 Å². The normalized spacial score (nSPS) is 30.1. The van der Waals surface area contributed by atoms with Gasteiger partial charge in [-0.1, -0.05) is 0 Å². The molecule has 3 saturated heterocycles. The summed E-state index contributed by atoms with van der Waals surface area (Å²) in [6.45, 7) is 0. The SMILES string of the molecule is CN(C)P1CCC(N(C)C)(N(C)C)C1=NP(=O)(N=C1P(N(C)C)CCC1(N(C)C)N(C)C)N=C1P(N(C)C)CCC1(N(C)C)N(C)C. The smallest absolute Gasteiger partial charge is 0.286 e. The van der Waals surface area contributed by atoms with Gasteiger partial charge in [-0.2, -0.15) is 14.3 Å². The molecule has 3 heterocycles. The Morgan fingerprint density at radius 1 is 0.426 bits per heavy atom. The average molecular weight is 735 g/mol. The van der Waals surface area contributed by atoms with E-state index in [0.717, 1.165) is 54.1 Å². The summed E-state index contributed by atoms with van der Waals surface area (Å²) < 4.78 is 39.6. The molecule has 17 heteroatoms. The van der Waals surface area contributed by atoms with Crippen LogP contribution in [0.4, 0.5) is 0 Å². The number of nitrogens with zero attached hydrogens (tertiary/aromatic N) is 12. The van der Waals surface area contributed by atoms with Crippen LogP contribution in [-0.2, 0) is 4.57 Å². The summed E-state index contributed by atoms with van der Waals surface area (Å²) in [5, 5.41) is 0. The first-order chi connectivity index (χ1) is 21.6. The van der Waals surface area contributed by atoms with Crippen molar-refractivity contribution >= 4 is 48.2 Å².